The minimum absolute atomic E-state index is 0.0998. The van der Waals surface area contributed by atoms with Gasteiger partial charge in [0.05, 0.1) is 23.3 Å². The van der Waals surface area contributed by atoms with Gasteiger partial charge in [-0.2, -0.15) is 0 Å². The van der Waals surface area contributed by atoms with Gasteiger partial charge in [0.1, 0.15) is 5.60 Å². The van der Waals surface area contributed by atoms with Crippen molar-refractivity contribution in [3.05, 3.63) is 23.5 Å². The van der Waals surface area contributed by atoms with Gasteiger partial charge in [0.15, 0.2) is 12.1 Å². The van der Waals surface area contributed by atoms with E-state index in [2.05, 4.69) is 26.0 Å². The highest BCUT2D eigenvalue weighted by Gasteiger charge is 2.80. The zero-order valence-electron chi connectivity index (χ0n) is 18.9. The third kappa shape index (κ3) is 2.29. The molecule has 3 fully saturated rings. The molecule has 0 N–H and O–H groups in total. The van der Waals surface area contributed by atoms with Gasteiger partial charge in [-0.15, -0.1) is 11.6 Å². The van der Waals surface area contributed by atoms with Crippen molar-refractivity contribution in [2.45, 2.75) is 96.0 Å². The number of fused-ring (bicyclic) bond motifs is 3. The zero-order valence-corrected chi connectivity index (χ0v) is 19.7. The van der Waals surface area contributed by atoms with E-state index in [1.807, 2.05) is 13.8 Å². The summed E-state index contributed by atoms with van der Waals surface area (Å²) >= 11 is 7.16. The third-order valence-electron chi connectivity index (χ3n) is 9.58. The van der Waals surface area contributed by atoms with Gasteiger partial charge in [0.25, 0.3) is 0 Å². The summed E-state index contributed by atoms with van der Waals surface area (Å²) in [5, 5.41) is -0.221. The van der Waals surface area contributed by atoms with Crippen LogP contribution in [0.2, 0.25) is 0 Å². The summed E-state index contributed by atoms with van der Waals surface area (Å²) in [7, 11) is 0. The largest absolute Gasteiger partial charge is 0.498 e. The molecule has 1 heterocycles. The minimum Gasteiger partial charge on any atom is -0.498 e. The van der Waals surface area contributed by atoms with Crippen LogP contribution in [0.15, 0.2) is 23.5 Å². The number of halogens is 1. The Morgan fingerprint density at radius 1 is 1.27 bits per heavy atom. The SMILES string of the molecule is CCOC1=CC2=CC[C@@H]3[C@H](CC[C@@]4(C)[C@]35OC(C)O[C@]4(C(C)=O)C[C@H]5Cl)[C@@]2(C)CC1. The van der Waals surface area contributed by atoms with Crippen LogP contribution in [-0.4, -0.2) is 35.3 Å². The van der Waals surface area contributed by atoms with Crippen LogP contribution in [0.1, 0.15) is 73.1 Å². The van der Waals surface area contributed by atoms with Crippen molar-refractivity contribution in [2.75, 3.05) is 6.61 Å². The van der Waals surface area contributed by atoms with Gasteiger partial charge in [0, 0.05) is 18.3 Å². The van der Waals surface area contributed by atoms with Gasteiger partial charge in [-0.3, -0.25) is 4.79 Å². The van der Waals surface area contributed by atoms with Crippen LogP contribution < -0.4 is 0 Å². The Morgan fingerprint density at radius 3 is 2.73 bits per heavy atom. The van der Waals surface area contributed by atoms with E-state index in [9.17, 15) is 4.79 Å². The maximum absolute atomic E-state index is 13.0. The van der Waals surface area contributed by atoms with Crippen molar-refractivity contribution >= 4 is 17.4 Å². The molecule has 0 amide bonds. The molecule has 8 atom stereocenters. The first-order chi connectivity index (χ1) is 14.1. The molecule has 0 aromatic carbocycles. The normalized spacial score (nSPS) is 51.8. The molecule has 0 aromatic heterocycles. The van der Waals surface area contributed by atoms with Crippen LogP contribution in [-0.2, 0) is 19.0 Å². The molecule has 5 rings (SSSR count). The molecule has 166 valence electrons. The summed E-state index contributed by atoms with van der Waals surface area (Å²) in [6, 6.07) is 0. The highest BCUT2D eigenvalue weighted by molar-refractivity contribution is 6.22. The molecule has 1 saturated heterocycles. The van der Waals surface area contributed by atoms with Crippen molar-refractivity contribution < 1.29 is 19.0 Å². The first-order valence-electron chi connectivity index (χ1n) is 11.7. The lowest BCUT2D eigenvalue weighted by atomic mass is 9.45. The topological polar surface area (TPSA) is 44.8 Å². The van der Waals surface area contributed by atoms with Gasteiger partial charge < -0.3 is 14.2 Å². The monoisotopic (exact) mass is 434 g/mol. The summed E-state index contributed by atoms with van der Waals surface area (Å²) in [6.45, 7) is 11.0. The molecule has 5 aliphatic rings. The Bertz CT molecular complexity index is 835. The fourth-order valence-electron chi connectivity index (χ4n) is 8.22. The van der Waals surface area contributed by atoms with Crippen LogP contribution in [0, 0.1) is 22.7 Å². The van der Waals surface area contributed by atoms with E-state index in [1.54, 1.807) is 6.92 Å². The number of hydrogen-bond donors (Lipinski definition) is 0. The number of ketones is 1. The number of carbonyl (C=O) groups excluding carboxylic acids is 1. The molecule has 1 unspecified atom stereocenters. The van der Waals surface area contributed by atoms with Crippen molar-refractivity contribution in [3.8, 4) is 0 Å². The first kappa shape index (κ1) is 21.0. The molecule has 0 spiro atoms. The molecule has 4 aliphatic carbocycles. The molecule has 0 aromatic rings. The zero-order chi connectivity index (χ0) is 21.5. The highest BCUT2D eigenvalue weighted by atomic mass is 35.5. The van der Waals surface area contributed by atoms with Gasteiger partial charge in [0.2, 0.25) is 0 Å². The van der Waals surface area contributed by atoms with Crippen molar-refractivity contribution in [2.24, 2.45) is 22.7 Å². The van der Waals surface area contributed by atoms with E-state index >= 15 is 0 Å². The molecule has 30 heavy (non-hydrogen) atoms. The van der Waals surface area contributed by atoms with Gasteiger partial charge in [-0.25, -0.2) is 0 Å². The van der Waals surface area contributed by atoms with E-state index in [0.717, 1.165) is 44.5 Å². The maximum Gasteiger partial charge on any atom is 0.162 e. The minimum atomic E-state index is -0.832. The second kappa shape index (κ2) is 6.59. The van der Waals surface area contributed by atoms with E-state index in [-0.39, 0.29) is 16.6 Å². The van der Waals surface area contributed by atoms with Gasteiger partial charge in [-0.05, 0) is 75.4 Å². The number of allylic oxidation sites excluding steroid dienone is 4. The summed E-state index contributed by atoms with van der Waals surface area (Å²) in [5.74, 6) is 1.99. The summed E-state index contributed by atoms with van der Waals surface area (Å²) in [6.07, 6.45) is 9.82. The van der Waals surface area contributed by atoms with Gasteiger partial charge >= 0.3 is 0 Å². The Labute approximate surface area is 185 Å². The Hall–Kier alpha value is -0.840. The number of ether oxygens (including phenoxy) is 3. The molecule has 4 nitrogen and oxygen atoms in total. The van der Waals surface area contributed by atoms with E-state index in [0.29, 0.717) is 18.3 Å². The molecule has 0 radical (unpaired) electrons. The molecule has 5 heteroatoms. The molecule has 2 bridgehead atoms. The van der Waals surface area contributed by atoms with Crippen LogP contribution >= 0.6 is 11.6 Å². The quantitative estimate of drug-likeness (QED) is 0.547. The average Bonchev–Trinajstić information content (AvgIpc) is 2.79. The van der Waals surface area contributed by atoms with Crippen molar-refractivity contribution in [3.63, 3.8) is 0 Å². The van der Waals surface area contributed by atoms with Crippen LogP contribution in [0.4, 0.5) is 0 Å². The second-order valence-corrected chi connectivity index (χ2v) is 11.1. The molecular formula is C25H35ClO4. The number of Topliss-reactive ketones (excluding diaryl/α,β-unsaturated/α-hetero) is 1. The lowest BCUT2D eigenvalue weighted by Gasteiger charge is -2.66. The van der Waals surface area contributed by atoms with Crippen molar-refractivity contribution in [1.82, 2.24) is 0 Å². The lowest BCUT2D eigenvalue weighted by molar-refractivity contribution is -0.361. The Balaban J connectivity index is 1.62. The highest BCUT2D eigenvalue weighted by Crippen LogP contribution is 2.73. The van der Waals surface area contributed by atoms with Crippen LogP contribution in [0.25, 0.3) is 0 Å². The maximum atomic E-state index is 13.0. The lowest BCUT2D eigenvalue weighted by Crippen LogP contribution is -2.72. The number of alkyl halides is 1. The van der Waals surface area contributed by atoms with E-state index in [1.165, 1.54) is 5.57 Å². The van der Waals surface area contributed by atoms with Gasteiger partial charge in [-0.1, -0.05) is 19.9 Å². The molecular weight excluding hydrogens is 400 g/mol. The average molecular weight is 435 g/mol. The van der Waals surface area contributed by atoms with E-state index < -0.39 is 22.9 Å². The number of carbonyl (C=O) groups is 1. The predicted molar refractivity (Wildman–Crippen MR) is 116 cm³/mol. The van der Waals surface area contributed by atoms with Crippen molar-refractivity contribution in [1.29, 1.82) is 0 Å². The Kier molecular flexibility index (Phi) is 4.62. The molecule has 1 aliphatic heterocycles. The Morgan fingerprint density at radius 2 is 2.03 bits per heavy atom. The van der Waals surface area contributed by atoms with Crippen LogP contribution in [0.3, 0.4) is 0 Å². The standard InChI is InChI=1S/C25H35ClO4/c1-6-28-18-9-11-22(4)17(13-18)7-8-20-19(22)10-12-23(5)24(15(2)27)14-21(26)25(20,23)30-16(3)29-24/h7,13,16,19-21H,6,8-12,14H2,1-5H3/t16?,19-,20+,21+,22-,23+,24-,25-/m0/s1. The molecule has 2 saturated carbocycles. The number of hydrogen-bond acceptors (Lipinski definition) is 4. The predicted octanol–water partition coefficient (Wildman–Crippen LogP) is 5.54. The number of rotatable bonds is 3. The summed E-state index contributed by atoms with van der Waals surface area (Å²) < 4.78 is 18.9. The summed E-state index contributed by atoms with van der Waals surface area (Å²) in [5.41, 5.74) is -0.241. The van der Waals surface area contributed by atoms with Crippen LogP contribution in [0.5, 0.6) is 0 Å². The third-order valence-corrected chi connectivity index (χ3v) is 10.1. The fourth-order valence-corrected chi connectivity index (χ4v) is 8.90. The smallest absolute Gasteiger partial charge is 0.162 e. The van der Waals surface area contributed by atoms with E-state index in [4.69, 9.17) is 25.8 Å². The fraction of sp³-hybridized carbons (Fsp3) is 0.800. The summed E-state index contributed by atoms with van der Waals surface area (Å²) in [4.78, 5) is 13.0. The second-order valence-electron chi connectivity index (χ2n) is 10.6. The first-order valence-corrected chi connectivity index (χ1v) is 12.1.